The van der Waals surface area contributed by atoms with Crippen molar-refractivity contribution in [3.05, 3.63) is 82.0 Å². The summed E-state index contributed by atoms with van der Waals surface area (Å²) in [6.45, 7) is 2.41. The Balaban J connectivity index is 1.61. The molecule has 184 valence electrons. The summed E-state index contributed by atoms with van der Waals surface area (Å²) in [5, 5.41) is 7.67. The maximum atomic E-state index is 14.3. The van der Waals surface area contributed by atoms with Gasteiger partial charge in [0.15, 0.2) is 5.03 Å². The standard InChI is InChI=1S/C24H23ClF2N4O3S/c1-14-20(7-6-19(25)23(14)27)30-21-12-22(35(28,33)34)29-13-18(21)24(32)31-10-8-16(9-11-31)15-2-4-17(26)5-3-15/h2-7,12-13,16H,8-11H2,1H3,(H,29,30)(H2,28,33,34). The fourth-order valence-electron chi connectivity index (χ4n) is 4.12. The maximum Gasteiger partial charge on any atom is 0.257 e. The van der Waals surface area contributed by atoms with Gasteiger partial charge in [-0.2, -0.15) is 0 Å². The summed E-state index contributed by atoms with van der Waals surface area (Å²) in [7, 11) is -4.15. The molecule has 0 unspecified atom stereocenters. The SMILES string of the molecule is Cc1c(Nc2cc(S(N)(=O)=O)ncc2C(=O)N2CCC(c3ccc(F)cc3)CC2)ccc(Cl)c1F. The number of sulfonamides is 1. The molecular formula is C24H23ClF2N4O3S. The van der Waals surface area contributed by atoms with Crippen molar-refractivity contribution >= 4 is 38.9 Å². The van der Waals surface area contributed by atoms with Crippen molar-refractivity contribution < 1.29 is 22.0 Å². The molecule has 4 rings (SSSR count). The Morgan fingerprint density at radius 3 is 2.40 bits per heavy atom. The summed E-state index contributed by atoms with van der Waals surface area (Å²) in [4.78, 5) is 18.9. The highest BCUT2D eigenvalue weighted by Gasteiger charge is 2.27. The van der Waals surface area contributed by atoms with E-state index in [0.29, 0.717) is 31.6 Å². The first-order valence-corrected chi connectivity index (χ1v) is 12.8. The van der Waals surface area contributed by atoms with Gasteiger partial charge in [-0.15, -0.1) is 0 Å². The number of nitrogens with two attached hydrogens (primary N) is 1. The molecule has 1 saturated heterocycles. The summed E-state index contributed by atoms with van der Waals surface area (Å²) >= 11 is 5.83. The number of rotatable bonds is 5. The van der Waals surface area contributed by atoms with Crippen LogP contribution in [0.15, 0.2) is 53.7 Å². The van der Waals surface area contributed by atoms with Crippen LogP contribution in [0.3, 0.4) is 0 Å². The minimum atomic E-state index is -4.15. The van der Waals surface area contributed by atoms with Gasteiger partial charge in [-0.05, 0) is 55.5 Å². The van der Waals surface area contributed by atoms with E-state index in [1.807, 2.05) is 0 Å². The van der Waals surface area contributed by atoms with Crippen molar-refractivity contribution in [1.29, 1.82) is 0 Å². The highest BCUT2D eigenvalue weighted by Crippen LogP contribution is 2.32. The van der Waals surface area contributed by atoms with E-state index >= 15 is 0 Å². The fraction of sp³-hybridized carbons (Fsp3) is 0.250. The predicted octanol–water partition coefficient (Wildman–Crippen LogP) is 4.73. The van der Waals surface area contributed by atoms with E-state index in [1.54, 1.807) is 17.0 Å². The molecule has 2 aromatic carbocycles. The lowest BCUT2D eigenvalue weighted by molar-refractivity contribution is 0.0713. The van der Waals surface area contributed by atoms with E-state index < -0.39 is 20.9 Å². The molecule has 3 N–H and O–H groups in total. The van der Waals surface area contributed by atoms with Gasteiger partial charge in [-0.3, -0.25) is 4.79 Å². The summed E-state index contributed by atoms with van der Waals surface area (Å²) in [6, 6.07) is 10.4. The Bertz CT molecular complexity index is 1380. The molecule has 0 bridgehead atoms. The highest BCUT2D eigenvalue weighted by atomic mass is 35.5. The number of hydrogen-bond acceptors (Lipinski definition) is 5. The predicted molar refractivity (Wildman–Crippen MR) is 129 cm³/mol. The van der Waals surface area contributed by atoms with Gasteiger partial charge >= 0.3 is 0 Å². The maximum absolute atomic E-state index is 14.3. The van der Waals surface area contributed by atoms with Crippen LogP contribution in [-0.2, 0) is 10.0 Å². The summed E-state index contributed by atoms with van der Waals surface area (Å²) in [6.07, 6.45) is 2.52. The second kappa shape index (κ2) is 9.88. The lowest BCUT2D eigenvalue weighted by Crippen LogP contribution is -2.38. The number of anilines is 2. The van der Waals surface area contributed by atoms with Crippen LogP contribution in [0.25, 0.3) is 0 Å². The number of carbonyl (C=O) groups is 1. The van der Waals surface area contributed by atoms with Crippen molar-refractivity contribution in [2.24, 2.45) is 5.14 Å². The molecule has 2 heterocycles. The average molecular weight is 521 g/mol. The van der Waals surface area contributed by atoms with Gasteiger partial charge in [0, 0.05) is 36.6 Å². The second-order valence-corrected chi connectivity index (χ2v) is 10.3. The zero-order chi connectivity index (χ0) is 25.3. The lowest BCUT2D eigenvalue weighted by Gasteiger charge is -2.32. The number of pyridine rings is 1. The van der Waals surface area contributed by atoms with Crippen LogP contribution in [0.4, 0.5) is 20.2 Å². The van der Waals surface area contributed by atoms with E-state index in [-0.39, 0.29) is 39.5 Å². The summed E-state index contributed by atoms with van der Waals surface area (Å²) in [5.74, 6) is -1.09. The minimum Gasteiger partial charge on any atom is -0.354 e. The van der Waals surface area contributed by atoms with E-state index in [4.69, 9.17) is 16.7 Å². The van der Waals surface area contributed by atoms with Crippen LogP contribution in [-0.4, -0.2) is 37.3 Å². The first-order chi connectivity index (χ1) is 16.5. The Hall–Kier alpha value is -3.08. The second-order valence-electron chi connectivity index (χ2n) is 8.39. The summed E-state index contributed by atoms with van der Waals surface area (Å²) in [5.41, 5.74) is 1.76. The molecule has 1 fully saturated rings. The van der Waals surface area contributed by atoms with Crippen molar-refractivity contribution in [3.8, 4) is 0 Å². The molecule has 1 amide bonds. The van der Waals surface area contributed by atoms with Crippen LogP contribution in [0.1, 0.15) is 40.2 Å². The Morgan fingerprint density at radius 1 is 1.11 bits per heavy atom. The number of amides is 1. The number of likely N-dealkylation sites (tertiary alicyclic amines) is 1. The van der Waals surface area contributed by atoms with Gasteiger partial charge < -0.3 is 10.2 Å². The van der Waals surface area contributed by atoms with Gasteiger partial charge in [-0.1, -0.05) is 23.7 Å². The number of halogens is 3. The van der Waals surface area contributed by atoms with Crippen LogP contribution in [0, 0.1) is 18.6 Å². The molecule has 3 aromatic rings. The number of hydrogen-bond donors (Lipinski definition) is 2. The number of nitrogens with zero attached hydrogens (tertiary/aromatic N) is 2. The smallest absolute Gasteiger partial charge is 0.257 e. The fourth-order valence-corrected chi connectivity index (χ4v) is 4.81. The third kappa shape index (κ3) is 5.44. The molecule has 11 heteroatoms. The Labute approximate surface area is 207 Å². The van der Waals surface area contributed by atoms with Crippen molar-refractivity contribution in [2.45, 2.75) is 30.7 Å². The zero-order valence-corrected chi connectivity index (χ0v) is 20.3. The normalized spacial score (nSPS) is 14.7. The third-order valence-electron chi connectivity index (χ3n) is 6.13. The van der Waals surface area contributed by atoms with Crippen molar-refractivity contribution in [2.75, 3.05) is 18.4 Å². The molecule has 0 atom stereocenters. The molecule has 1 aliphatic rings. The van der Waals surface area contributed by atoms with Crippen molar-refractivity contribution in [1.82, 2.24) is 9.88 Å². The van der Waals surface area contributed by atoms with Gasteiger partial charge in [0.2, 0.25) is 0 Å². The molecule has 1 aromatic heterocycles. The van der Waals surface area contributed by atoms with Crippen LogP contribution < -0.4 is 10.5 Å². The van der Waals surface area contributed by atoms with Gasteiger partial charge in [0.05, 0.1) is 16.3 Å². The van der Waals surface area contributed by atoms with E-state index in [0.717, 1.165) is 17.8 Å². The number of benzene rings is 2. The molecular weight excluding hydrogens is 498 g/mol. The van der Waals surface area contributed by atoms with Gasteiger partial charge in [-0.25, -0.2) is 27.3 Å². The molecule has 0 saturated carbocycles. The molecule has 7 nitrogen and oxygen atoms in total. The first kappa shape index (κ1) is 25.0. The van der Waals surface area contributed by atoms with E-state index in [1.165, 1.54) is 31.2 Å². The van der Waals surface area contributed by atoms with Gasteiger partial charge in [0.25, 0.3) is 15.9 Å². The van der Waals surface area contributed by atoms with E-state index in [2.05, 4.69) is 10.3 Å². The van der Waals surface area contributed by atoms with Crippen LogP contribution >= 0.6 is 11.6 Å². The van der Waals surface area contributed by atoms with Gasteiger partial charge in [0.1, 0.15) is 11.6 Å². The highest BCUT2D eigenvalue weighted by molar-refractivity contribution is 7.89. The first-order valence-electron chi connectivity index (χ1n) is 10.8. The number of piperidine rings is 1. The molecule has 0 aliphatic carbocycles. The van der Waals surface area contributed by atoms with E-state index in [9.17, 15) is 22.0 Å². The molecule has 1 aliphatic heterocycles. The monoisotopic (exact) mass is 520 g/mol. The molecule has 35 heavy (non-hydrogen) atoms. The zero-order valence-electron chi connectivity index (χ0n) is 18.8. The molecule has 0 spiro atoms. The number of aromatic nitrogens is 1. The molecule has 0 radical (unpaired) electrons. The Morgan fingerprint density at radius 2 is 1.77 bits per heavy atom. The van der Waals surface area contributed by atoms with Crippen molar-refractivity contribution in [3.63, 3.8) is 0 Å². The topological polar surface area (TPSA) is 105 Å². The van der Waals surface area contributed by atoms with Crippen LogP contribution in [0.5, 0.6) is 0 Å². The van der Waals surface area contributed by atoms with Crippen LogP contribution in [0.2, 0.25) is 5.02 Å². The lowest BCUT2D eigenvalue weighted by atomic mass is 9.89. The third-order valence-corrected chi connectivity index (χ3v) is 7.23. The number of nitrogens with one attached hydrogen (secondary N) is 1. The number of carbonyl (C=O) groups excluding carboxylic acids is 1. The number of primary sulfonamides is 1. The average Bonchev–Trinajstić information content (AvgIpc) is 2.84. The Kier molecular flexibility index (Phi) is 7.07. The largest absolute Gasteiger partial charge is 0.354 e. The summed E-state index contributed by atoms with van der Waals surface area (Å²) < 4.78 is 51.3. The quantitative estimate of drug-likeness (QED) is 0.506. The minimum absolute atomic E-state index is 0.0617.